The largest absolute Gasteiger partial charge is 0.486 e. The predicted molar refractivity (Wildman–Crippen MR) is 75.9 cm³/mol. The average Bonchev–Trinajstić information content (AvgIpc) is 2.46. The Labute approximate surface area is 117 Å². The summed E-state index contributed by atoms with van der Waals surface area (Å²) in [5.74, 6) is -0.234. The van der Waals surface area contributed by atoms with Crippen LogP contribution in [0.4, 0.5) is 4.39 Å². The third-order valence-electron chi connectivity index (χ3n) is 3.10. The van der Waals surface area contributed by atoms with Crippen molar-refractivity contribution in [1.29, 1.82) is 0 Å². The van der Waals surface area contributed by atoms with Crippen LogP contribution in [0, 0.1) is 12.7 Å². The zero-order chi connectivity index (χ0) is 14.5. The maximum Gasteiger partial charge on any atom is 0.165 e. The number of benzene rings is 2. The first-order chi connectivity index (χ1) is 9.61. The summed E-state index contributed by atoms with van der Waals surface area (Å²) in [6, 6.07) is 12.0. The van der Waals surface area contributed by atoms with Crippen molar-refractivity contribution in [2.45, 2.75) is 19.6 Å². The molecule has 0 spiro atoms. The Morgan fingerprint density at radius 1 is 1.25 bits per heavy atom. The number of aryl methyl sites for hydroxylation is 1. The number of nitrogens with two attached hydrogens (primary N) is 1. The van der Waals surface area contributed by atoms with E-state index in [4.69, 9.17) is 15.6 Å². The normalized spacial score (nSPS) is 12.2. The topological polar surface area (TPSA) is 55.5 Å². The first kappa shape index (κ1) is 14.5. The summed E-state index contributed by atoms with van der Waals surface area (Å²) >= 11 is 0. The highest BCUT2D eigenvalue weighted by atomic mass is 19.1. The number of hydrogen-bond acceptors (Lipinski definition) is 3. The van der Waals surface area contributed by atoms with E-state index in [1.165, 1.54) is 6.07 Å². The number of aliphatic hydroxyl groups excluding tert-OH is 1. The smallest absolute Gasteiger partial charge is 0.165 e. The molecule has 2 rings (SSSR count). The second kappa shape index (κ2) is 6.50. The second-order valence-corrected chi connectivity index (χ2v) is 4.71. The summed E-state index contributed by atoms with van der Waals surface area (Å²) in [5.41, 5.74) is 7.90. The lowest BCUT2D eigenvalue weighted by Crippen LogP contribution is -2.15. The molecule has 0 amide bonds. The van der Waals surface area contributed by atoms with E-state index in [-0.39, 0.29) is 12.4 Å². The molecule has 0 bridgehead atoms. The Morgan fingerprint density at radius 2 is 1.95 bits per heavy atom. The number of rotatable bonds is 5. The lowest BCUT2D eigenvalue weighted by Gasteiger charge is -2.14. The lowest BCUT2D eigenvalue weighted by molar-refractivity contribution is 0.266. The predicted octanol–water partition coefficient (Wildman–Crippen LogP) is 2.71. The van der Waals surface area contributed by atoms with E-state index in [9.17, 15) is 4.39 Å². The summed E-state index contributed by atoms with van der Waals surface area (Å²) in [5, 5.41) is 9.01. The van der Waals surface area contributed by atoms with Crippen LogP contribution in [0.3, 0.4) is 0 Å². The summed E-state index contributed by atoms with van der Waals surface area (Å²) in [4.78, 5) is 0. The van der Waals surface area contributed by atoms with Crippen LogP contribution >= 0.6 is 0 Å². The molecule has 2 aromatic rings. The Bertz CT molecular complexity index is 549. The van der Waals surface area contributed by atoms with E-state index in [2.05, 4.69) is 0 Å². The summed E-state index contributed by atoms with van der Waals surface area (Å²) < 4.78 is 19.6. The van der Waals surface area contributed by atoms with Crippen molar-refractivity contribution in [2.75, 3.05) is 6.61 Å². The van der Waals surface area contributed by atoms with Crippen LogP contribution in [-0.4, -0.2) is 11.7 Å². The number of ether oxygens (including phenoxy) is 1. The molecule has 1 atom stereocenters. The molecule has 3 N–H and O–H groups in total. The van der Waals surface area contributed by atoms with Crippen molar-refractivity contribution in [2.24, 2.45) is 5.73 Å². The van der Waals surface area contributed by atoms with Crippen molar-refractivity contribution in [3.05, 3.63) is 65.0 Å². The molecule has 0 aromatic heterocycles. The summed E-state index contributed by atoms with van der Waals surface area (Å²) in [6.45, 7) is 1.85. The molecule has 4 heteroatoms. The van der Waals surface area contributed by atoms with E-state index in [0.717, 1.165) is 5.56 Å². The fraction of sp³-hybridized carbons (Fsp3) is 0.250. The minimum atomic E-state index is -0.577. The average molecular weight is 275 g/mol. The van der Waals surface area contributed by atoms with Crippen LogP contribution in [0.1, 0.15) is 22.7 Å². The highest BCUT2D eigenvalue weighted by Gasteiger charge is 2.13. The minimum Gasteiger partial charge on any atom is -0.486 e. The first-order valence-electron chi connectivity index (χ1n) is 6.45. The third-order valence-corrected chi connectivity index (χ3v) is 3.10. The molecule has 0 aliphatic carbocycles. The number of halogens is 1. The highest BCUT2D eigenvalue weighted by molar-refractivity contribution is 5.39. The maximum atomic E-state index is 14.0. The van der Waals surface area contributed by atoms with Gasteiger partial charge in [0.25, 0.3) is 0 Å². The zero-order valence-electron chi connectivity index (χ0n) is 11.3. The molecule has 0 heterocycles. The van der Waals surface area contributed by atoms with Crippen molar-refractivity contribution < 1.29 is 14.2 Å². The number of hydrogen-bond donors (Lipinski definition) is 2. The zero-order valence-corrected chi connectivity index (χ0v) is 11.3. The van der Waals surface area contributed by atoms with Gasteiger partial charge in [0.1, 0.15) is 6.61 Å². The number of aliphatic hydroxyl groups is 1. The van der Waals surface area contributed by atoms with E-state index >= 15 is 0 Å². The molecule has 0 radical (unpaired) electrons. The molecular formula is C16H18FNO2. The maximum absolute atomic E-state index is 14.0. The van der Waals surface area contributed by atoms with Crippen molar-refractivity contribution in [3.8, 4) is 5.75 Å². The summed E-state index contributed by atoms with van der Waals surface area (Å²) in [7, 11) is 0. The van der Waals surface area contributed by atoms with Gasteiger partial charge < -0.3 is 15.6 Å². The highest BCUT2D eigenvalue weighted by Crippen LogP contribution is 2.27. The molecule has 0 aliphatic heterocycles. The Kier molecular flexibility index (Phi) is 4.71. The van der Waals surface area contributed by atoms with Crippen LogP contribution < -0.4 is 10.5 Å². The van der Waals surface area contributed by atoms with Gasteiger partial charge in [-0.3, -0.25) is 0 Å². The van der Waals surface area contributed by atoms with Gasteiger partial charge in [-0.25, -0.2) is 4.39 Å². The van der Waals surface area contributed by atoms with Crippen molar-refractivity contribution in [3.63, 3.8) is 0 Å². The molecule has 0 saturated carbocycles. The molecule has 2 aromatic carbocycles. The molecule has 1 unspecified atom stereocenters. The van der Waals surface area contributed by atoms with E-state index in [1.54, 1.807) is 13.0 Å². The van der Waals surface area contributed by atoms with Gasteiger partial charge >= 0.3 is 0 Å². The lowest BCUT2D eigenvalue weighted by atomic mass is 10.0. The molecular weight excluding hydrogens is 257 g/mol. The van der Waals surface area contributed by atoms with Gasteiger partial charge in [-0.2, -0.15) is 0 Å². The van der Waals surface area contributed by atoms with Gasteiger partial charge in [0.15, 0.2) is 11.6 Å². The van der Waals surface area contributed by atoms with E-state index < -0.39 is 11.9 Å². The van der Waals surface area contributed by atoms with Crippen molar-refractivity contribution >= 4 is 0 Å². The van der Waals surface area contributed by atoms with Gasteiger partial charge in [0.05, 0.1) is 12.6 Å². The molecule has 0 aliphatic rings. The van der Waals surface area contributed by atoms with E-state index in [0.29, 0.717) is 17.7 Å². The molecule has 3 nitrogen and oxygen atoms in total. The van der Waals surface area contributed by atoms with Gasteiger partial charge in [0.2, 0.25) is 0 Å². The molecule has 20 heavy (non-hydrogen) atoms. The fourth-order valence-electron chi connectivity index (χ4n) is 1.99. The van der Waals surface area contributed by atoms with Crippen LogP contribution in [0.5, 0.6) is 5.75 Å². The monoisotopic (exact) mass is 275 g/mol. The standard InChI is InChI=1S/C16H18FNO2/c1-11-7-13(15(18)9-19)8-14(17)16(11)20-10-12-5-3-2-4-6-12/h2-8,15,19H,9-10,18H2,1H3. The Balaban J connectivity index is 2.16. The quantitative estimate of drug-likeness (QED) is 0.882. The van der Waals surface area contributed by atoms with Gasteiger partial charge in [-0.1, -0.05) is 36.4 Å². The van der Waals surface area contributed by atoms with Crippen LogP contribution in [0.15, 0.2) is 42.5 Å². The van der Waals surface area contributed by atoms with Crippen molar-refractivity contribution in [1.82, 2.24) is 0 Å². The van der Waals surface area contributed by atoms with Crippen LogP contribution in [-0.2, 0) is 6.61 Å². The molecule has 106 valence electrons. The van der Waals surface area contributed by atoms with E-state index in [1.807, 2.05) is 30.3 Å². The summed E-state index contributed by atoms with van der Waals surface area (Å²) in [6.07, 6.45) is 0. The molecule has 0 fully saturated rings. The Morgan fingerprint density at radius 3 is 2.55 bits per heavy atom. The Hall–Kier alpha value is -1.91. The fourth-order valence-corrected chi connectivity index (χ4v) is 1.99. The first-order valence-corrected chi connectivity index (χ1v) is 6.45. The molecule has 0 saturated heterocycles. The van der Waals surface area contributed by atoms with Gasteiger partial charge in [-0.05, 0) is 29.7 Å². The SMILES string of the molecule is Cc1cc(C(N)CO)cc(F)c1OCc1ccccc1. The third kappa shape index (κ3) is 3.35. The van der Waals surface area contributed by atoms with Gasteiger partial charge in [-0.15, -0.1) is 0 Å². The van der Waals surface area contributed by atoms with Crippen LogP contribution in [0.25, 0.3) is 0 Å². The van der Waals surface area contributed by atoms with Crippen LogP contribution in [0.2, 0.25) is 0 Å². The van der Waals surface area contributed by atoms with Gasteiger partial charge in [0, 0.05) is 0 Å². The minimum absolute atomic E-state index is 0.219. The second-order valence-electron chi connectivity index (χ2n) is 4.71.